The normalized spacial score (nSPS) is 27.3. The minimum absolute atomic E-state index is 0.0202. The second-order valence-electron chi connectivity index (χ2n) is 7.40. The summed E-state index contributed by atoms with van der Waals surface area (Å²) >= 11 is 0. The van der Waals surface area contributed by atoms with Gasteiger partial charge in [0, 0.05) is 30.0 Å². The molecule has 4 rings (SSSR count). The number of carbonyl (C=O) groups is 2. The topological polar surface area (TPSA) is 64.7 Å². The van der Waals surface area contributed by atoms with Gasteiger partial charge in [-0.3, -0.25) is 9.59 Å². The zero-order valence-corrected chi connectivity index (χ0v) is 15.1. The van der Waals surface area contributed by atoms with E-state index in [0.717, 1.165) is 24.9 Å². The van der Waals surface area contributed by atoms with Crippen molar-refractivity contribution in [3.8, 4) is 0 Å². The van der Waals surface area contributed by atoms with E-state index in [-0.39, 0.29) is 24.4 Å². The molecule has 0 aromatic heterocycles. The molecule has 138 valence electrons. The Labute approximate surface area is 154 Å². The van der Waals surface area contributed by atoms with E-state index in [4.69, 9.17) is 0 Å². The lowest BCUT2D eigenvalue weighted by atomic mass is 9.81. The van der Waals surface area contributed by atoms with Gasteiger partial charge in [-0.15, -0.1) is 0 Å². The number of fused-ring (bicyclic) bond motifs is 3. The summed E-state index contributed by atoms with van der Waals surface area (Å²) in [5, 5.41) is 4.85. The van der Waals surface area contributed by atoms with Crippen LogP contribution in [0, 0.1) is 5.92 Å². The van der Waals surface area contributed by atoms with Gasteiger partial charge >= 0.3 is 0 Å². The molecule has 2 heterocycles. The SMILES string of the molecule is CCc1cccc(NC(=O)CN2C=CN3NC4CCCCC4C3C2=O)c1. The molecule has 3 unspecified atom stereocenters. The average molecular weight is 354 g/mol. The van der Waals surface area contributed by atoms with Crippen molar-refractivity contribution in [2.75, 3.05) is 11.9 Å². The van der Waals surface area contributed by atoms with Gasteiger partial charge in [0.25, 0.3) is 5.91 Å². The van der Waals surface area contributed by atoms with Crippen molar-refractivity contribution < 1.29 is 9.59 Å². The maximum absolute atomic E-state index is 13.0. The summed E-state index contributed by atoms with van der Waals surface area (Å²) in [5.41, 5.74) is 5.40. The van der Waals surface area contributed by atoms with Gasteiger partial charge in [-0.05, 0) is 37.0 Å². The largest absolute Gasteiger partial charge is 0.325 e. The van der Waals surface area contributed by atoms with E-state index in [0.29, 0.717) is 12.0 Å². The van der Waals surface area contributed by atoms with E-state index in [1.54, 1.807) is 11.1 Å². The third-order valence-corrected chi connectivity index (χ3v) is 5.72. The molecule has 6 nitrogen and oxygen atoms in total. The lowest BCUT2D eigenvalue weighted by Gasteiger charge is -2.34. The Morgan fingerprint density at radius 1 is 1.27 bits per heavy atom. The first-order valence-electron chi connectivity index (χ1n) is 9.58. The second-order valence-corrected chi connectivity index (χ2v) is 7.40. The summed E-state index contributed by atoms with van der Waals surface area (Å²) in [6.45, 7) is 2.13. The molecule has 2 aliphatic heterocycles. The molecule has 0 spiro atoms. The number of nitrogens with zero attached hydrogens (tertiary/aromatic N) is 2. The van der Waals surface area contributed by atoms with Crippen LogP contribution in [-0.4, -0.2) is 40.4 Å². The number of anilines is 1. The molecule has 2 fully saturated rings. The summed E-state index contributed by atoms with van der Waals surface area (Å²) in [6.07, 6.45) is 9.12. The first-order valence-corrected chi connectivity index (χ1v) is 9.58. The summed E-state index contributed by atoms with van der Waals surface area (Å²) in [7, 11) is 0. The van der Waals surface area contributed by atoms with E-state index >= 15 is 0 Å². The lowest BCUT2D eigenvalue weighted by molar-refractivity contribution is -0.138. The van der Waals surface area contributed by atoms with Crippen molar-refractivity contribution >= 4 is 17.5 Å². The molecule has 0 radical (unpaired) electrons. The van der Waals surface area contributed by atoms with Crippen LogP contribution in [0.3, 0.4) is 0 Å². The van der Waals surface area contributed by atoms with Crippen LogP contribution < -0.4 is 10.7 Å². The van der Waals surface area contributed by atoms with E-state index in [1.165, 1.54) is 18.4 Å². The highest BCUT2D eigenvalue weighted by atomic mass is 16.2. The molecule has 0 bridgehead atoms. The van der Waals surface area contributed by atoms with Crippen LogP contribution in [0.1, 0.15) is 38.2 Å². The van der Waals surface area contributed by atoms with Gasteiger partial charge in [0.15, 0.2) is 0 Å². The fourth-order valence-corrected chi connectivity index (χ4v) is 4.36. The van der Waals surface area contributed by atoms with E-state index in [2.05, 4.69) is 17.7 Å². The number of hydrazine groups is 1. The molecule has 3 aliphatic rings. The van der Waals surface area contributed by atoms with Crippen molar-refractivity contribution in [1.82, 2.24) is 15.3 Å². The quantitative estimate of drug-likeness (QED) is 0.870. The fourth-order valence-electron chi connectivity index (χ4n) is 4.36. The maximum Gasteiger partial charge on any atom is 0.251 e. The van der Waals surface area contributed by atoms with Crippen LogP contribution in [0.2, 0.25) is 0 Å². The predicted molar refractivity (Wildman–Crippen MR) is 99.8 cm³/mol. The summed E-state index contributed by atoms with van der Waals surface area (Å²) in [4.78, 5) is 27.0. The molecule has 6 heteroatoms. The standard InChI is InChI=1S/C20H26N4O2/c1-2-14-6-5-7-15(12-14)21-18(25)13-23-10-11-24-19(20(23)26)16-8-3-4-9-17(16)22-24/h5-7,10-12,16-17,19,22H,2-4,8-9,13H2,1H3,(H,21,25). The molecule has 1 saturated heterocycles. The molecule has 3 atom stereocenters. The van der Waals surface area contributed by atoms with Crippen molar-refractivity contribution in [3.05, 3.63) is 42.2 Å². The third-order valence-electron chi connectivity index (χ3n) is 5.72. The molecule has 26 heavy (non-hydrogen) atoms. The molecule has 1 saturated carbocycles. The number of benzene rings is 1. The van der Waals surface area contributed by atoms with Gasteiger partial charge in [0.05, 0.1) is 0 Å². The smallest absolute Gasteiger partial charge is 0.251 e. The molecular formula is C20H26N4O2. The van der Waals surface area contributed by atoms with E-state index in [1.807, 2.05) is 35.5 Å². The van der Waals surface area contributed by atoms with E-state index < -0.39 is 0 Å². The highest BCUT2D eigenvalue weighted by molar-refractivity contribution is 5.96. The Balaban J connectivity index is 1.41. The Bertz CT molecular complexity index is 732. The number of nitrogens with one attached hydrogen (secondary N) is 2. The summed E-state index contributed by atoms with van der Waals surface area (Å²) < 4.78 is 0. The van der Waals surface area contributed by atoms with Gasteiger partial charge in [-0.1, -0.05) is 31.9 Å². The van der Waals surface area contributed by atoms with Crippen LogP contribution in [-0.2, 0) is 16.0 Å². The van der Waals surface area contributed by atoms with Gasteiger partial charge in [-0.2, -0.15) is 0 Å². The van der Waals surface area contributed by atoms with Gasteiger partial charge < -0.3 is 15.2 Å². The fraction of sp³-hybridized carbons (Fsp3) is 0.500. The molecular weight excluding hydrogens is 328 g/mol. The van der Waals surface area contributed by atoms with Crippen molar-refractivity contribution in [3.63, 3.8) is 0 Å². The number of hydrogen-bond donors (Lipinski definition) is 2. The highest BCUT2D eigenvalue weighted by Gasteiger charge is 2.48. The second kappa shape index (κ2) is 7.11. The molecule has 1 aromatic carbocycles. The monoisotopic (exact) mass is 354 g/mol. The van der Waals surface area contributed by atoms with Crippen molar-refractivity contribution in [1.29, 1.82) is 0 Å². The minimum Gasteiger partial charge on any atom is -0.325 e. The maximum atomic E-state index is 13.0. The average Bonchev–Trinajstić information content (AvgIpc) is 3.03. The van der Waals surface area contributed by atoms with Crippen LogP contribution in [0.15, 0.2) is 36.7 Å². The third kappa shape index (κ3) is 3.21. The van der Waals surface area contributed by atoms with E-state index in [9.17, 15) is 9.59 Å². The zero-order valence-electron chi connectivity index (χ0n) is 15.1. The number of carbonyl (C=O) groups excluding carboxylic acids is 2. The number of rotatable bonds is 4. The molecule has 2 N–H and O–H groups in total. The molecule has 1 aliphatic carbocycles. The minimum atomic E-state index is -0.179. The van der Waals surface area contributed by atoms with Crippen LogP contribution in [0.5, 0.6) is 0 Å². The Morgan fingerprint density at radius 2 is 2.12 bits per heavy atom. The first kappa shape index (κ1) is 17.1. The Hall–Kier alpha value is -2.34. The van der Waals surface area contributed by atoms with Crippen LogP contribution in [0.25, 0.3) is 0 Å². The molecule has 2 amide bonds. The summed E-state index contributed by atoms with van der Waals surface area (Å²) in [6, 6.07) is 8.02. The van der Waals surface area contributed by atoms with Gasteiger partial charge in [0.2, 0.25) is 5.91 Å². The number of amides is 2. The zero-order chi connectivity index (χ0) is 18.1. The lowest BCUT2D eigenvalue weighted by Crippen LogP contribution is -2.51. The Kier molecular flexibility index (Phi) is 4.68. The van der Waals surface area contributed by atoms with Crippen LogP contribution in [0.4, 0.5) is 5.69 Å². The predicted octanol–water partition coefficient (Wildman–Crippen LogP) is 2.25. The first-order chi connectivity index (χ1) is 12.7. The van der Waals surface area contributed by atoms with Crippen LogP contribution >= 0.6 is 0 Å². The number of aryl methyl sites for hydroxylation is 1. The molecule has 1 aromatic rings. The van der Waals surface area contributed by atoms with Crippen molar-refractivity contribution in [2.45, 2.75) is 51.1 Å². The Morgan fingerprint density at radius 3 is 2.96 bits per heavy atom. The van der Waals surface area contributed by atoms with Crippen molar-refractivity contribution in [2.24, 2.45) is 5.92 Å². The van der Waals surface area contributed by atoms with Gasteiger partial charge in [-0.25, -0.2) is 5.43 Å². The van der Waals surface area contributed by atoms with Gasteiger partial charge in [0.1, 0.15) is 12.6 Å². The highest BCUT2D eigenvalue weighted by Crippen LogP contribution is 2.36. The number of hydrogen-bond acceptors (Lipinski definition) is 4. The summed E-state index contributed by atoms with van der Waals surface area (Å²) in [5.74, 6) is 0.190.